The number of ether oxygens (including phenoxy) is 3. The maximum atomic E-state index is 5.82. The molecule has 2 aromatic carbocycles. The van der Waals surface area contributed by atoms with Crippen molar-refractivity contribution in [1.82, 2.24) is 0 Å². The molecule has 0 bridgehead atoms. The number of hydrogen-bond acceptors (Lipinski definition) is 3. The smallest absolute Gasteiger partial charge is 0.166 e. The van der Waals surface area contributed by atoms with Gasteiger partial charge < -0.3 is 14.2 Å². The van der Waals surface area contributed by atoms with Crippen LogP contribution in [0.1, 0.15) is 0 Å². The van der Waals surface area contributed by atoms with Crippen molar-refractivity contribution in [2.45, 2.75) is 6.10 Å². The normalized spacial score (nSPS) is 17.0. The fraction of sp³-hybridized carbons (Fsp3) is 0.200. The van der Waals surface area contributed by atoms with Crippen LogP contribution in [0.3, 0.4) is 0 Å². The third-order valence-electron chi connectivity index (χ3n) is 2.82. The first-order valence-corrected chi connectivity index (χ1v) is 6.46. The van der Waals surface area contributed by atoms with Crippen LogP contribution in [0, 0.1) is 0 Å². The Kier molecular flexibility index (Phi) is 3.47. The van der Waals surface area contributed by atoms with Gasteiger partial charge in [0.2, 0.25) is 0 Å². The summed E-state index contributed by atoms with van der Waals surface area (Å²) in [6, 6.07) is 14.9. The Morgan fingerprint density at radius 1 is 1.05 bits per heavy atom. The average Bonchev–Trinajstić information content (AvgIpc) is 2.46. The monoisotopic (exact) mass is 276 g/mol. The molecule has 0 fully saturated rings. The highest BCUT2D eigenvalue weighted by molar-refractivity contribution is 6.30. The number of benzene rings is 2. The van der Waals surface area contributed by atoms with Gasteiger partial charge in [-0.05, 0) is 36.4 Å². The van der Waals surface area contributed by atoms with Gasteiger partial charge in [0.1, 0.15) is 19.0 Å². The van der Waals surface area contributed by atoms with Crippen LogP contribution >= 0.6 is 11.6 Å². The minimum atomic E-state index is -0.106. The van der Waals surface area contributed by atoms with Crippen molar-refractivity contribution in [3.63, 3.8) is 0 Å². The average molecular weight is 277 g/mol. The van der Waals surface area contributed by atoms with Gasteiger partial charge in [-0.3, -0.25) is 0 Å². The van der Waals surface area contributed by atoms with E-state index in [1.807, 2.05) is 36.4 Å². The van der Waals surface area contributed by atoms with Gasteiger partial charge in [-0.15, -0.1) is 0 Å². The van der Waals surface area contributed by atoms with Gasteiger partial charge in [-0.2, -0.15) is 0 Å². The zero-order valence-corrected chi connectivity index (χ0v) is 11.0. The van der Waals surface area contributed by atoms with E-state index >= 15 is 0 Å². The molecule has 1 aliphatic rings. The minimum absolute atomic E-state index is 0.106. The lowest BCUT2D eigenvalue weighted by Crippen LogP contribution is -2.34. The summed E-state index contributed by atoms with van der Waals surface area (Å²) in [6.07, 6.45) is -0.106. The van der Waals surface area contributed by atoms with Gasteiger partial charge in [0, 0.05) is 5.02 Å². The van der Waals surface area contributed by atoms with Gasteiger partial charge in [-0.1, -0.05) is 23.7 Å². The molecular formula is C15H13ClO3. The number of halogens is 1. The Bertz CT molecular complexity index is 554. The summed E-state index contributed by atoms with van der Waals surface area (Å²) >= 11 is 5.82. The fourth-order valence-corrected chi connectivity index (χ4v) is 1.99. The molecule has 0 radical (unpaired) electrons. The molecule has 0 aromatic heterocycles. The first kappa shape index (κ1) is 12.2. The Labute approximate surface area is 116 Å². The van der Waals surface area contributed by atoms with E-state index < -0.39 is 0 Å². The fourth-order valence-electron chi connectivity index (χ4n) is 1.87. The Hall–Kier alpha value is -1.87. The molecule has 0 aliphatic carbocycles. The molecule has 1 unspecified atom stereocenters. The molecule has 4 heteroatoms. The maximum Gasteiger partial charge on any atom is 0.166 e. The van der Waals surface area contributed by atoms with Crippen LogP contribution in [-0.2, 0) is 0 Å². The second-order valence-corrected chi connectivity index (χ2v) is 4.70. The maximum absolute atomic E-state index is 5.82. The molecule has 0 amide bonds. The topological polar surface area (TPSA) is 27.7 Å². The molecule has 19 heavy (non-hydrogen) atoms. The Morgan fingerprint density at radius 2 is 1.79 bits per heavy atom. The highest BCUT2D eigenvalue weighted by atomic mass is 35.5. The first-order chi connectivity index (χ1) is 9.31. The van der Waals surface area contributed by atoms with Crippen molar-refractivity contribution in [2.75, 3.05) is 13.2 Å². The highest BCUT2D eigenvalue weighted by Crippen LogP contribution is 2.31. The van der Waals surface area contributed by atoms with Crippen molar-refractivity contribution in [3.8, 4) is 17.2 Å². The van der Waals surface area contributed by atoms with Crippen LogP contribution in [0.5, 0.6) is 17.2 Å². The van der Waals surface area contributed by atoms with Crippen LogP contribution in [0.25, 0.3) is 0 Å². The van der Waals surface area contributed by atoms with E-state index in [1.54, 1.807) is 12.1 Å². The van der Waals surface area contributed by atoms with E-state index in [0.29, 0.717) is 18.2 Å². The molecule has 0 spiro atoms. The third kappa shape index (κ3) is 2.93. The lowest BCUT2D eigenvalue weighted by atomic mass is 10.2. The summed E-state index contributed by atoms with van der Waals surface area (Å²) in [4.78, 5) is 0. The van der Waals surface area contributed by atoms with E-state index in [1.165, 1.54) is 0 Å². The molecular weight excluding hydrogens is 264 g/mol. The lowest BCUT2D eigenvalue weighted by molar-refractivity contribution is 0.0535. The number of hydrogen-bond donors (Lipinski definition) is 0. The Balaban J connectivity index is 1.59. The summed E-state index contributed by atoms with van der Waals surface area (Å²) < 4.78 is 17.1. The summed E-state index contributed by atoms with van der Waals surface area (Å²) in [7, 11) is 0. The second-order valence-electron chi connectivity index (χ2n) is 4.26. The number of rotatable bonds is 3. The minimum Gasteiger partial charge on any atom is -0.490 e. The van der Waals surface area contributed by atoms with Gasteiger partial charge in [0.05, 0.1) is 0 Å². The molecule has 1 atom stereocenters. The largest absolute Gasteiger partial charge is 0.490 e. The standard InChI is InChI=1S/C15H13ClO3/c16-11-5-7-12(8-6-11)17-9-13-10-18-14-3-1-2-4-15(14)19-13/h1-8,13H,9-10H2. The van der Waals surface area contributed by atoms with Crippen LogP contribution < -0.4 is 14.2 Å². The van der Waals surface area contributed by atoms with Crippen LogP contribution in [0.15, 0.2) is 48.5 Å². The van der Waals surface area contributed by atoms with Crippen LogP contribution in [-0.4, -0.2) is 19.3 Å². The molecule has 1 aliphatic heterocycles. The van der Waals surface area contributed by atoms with Gasteiger partial charge in [0.15, 0.2) is 17.6 Å². The summed E-state index contributed by atoms with van der Waals surface area (Å²) in [6.45, 7) is 0.931. The zero-order chi connectivity index (χ0) is 13.1. The predicted molar refractivity (Wildman–Crippen MR) is 73.3 cm³/mol. The summed E-state index contributed by atoms with van der Waals surface area (Å²) in [5.74, 6) is 2.32. The quantitative estimate of drug-likeness (QED) is 0.858. The molecule has 0 N–H and O–H groups in total. The molecule has 3 rings (SSSR count). The molecule has 1 heterocycles. The van der Waals surface area contributed by atoms with Gasteiger partial charge in [-0.25, -0.2) is 0 Å². The number of fused-ring (bicyclic) bond motifs is 1. The SMILES string of the molecule is Clc1ccc(OCC2COc3ccccc3O2)cc1. The first-order valence-electron chi connectivity index (χ1n) is 6.08. The number of para-hydroxylation sites is 2. The molecule has 0 saturated heterocycles. The zero-order valence-electron chi connectivity index (χ0n) is 10.2. The van der Waals surface area contributed by atoms with Crippen molar-refractivity contribution in [3.05, 3.63) is 53.6 Å². The van der Waals surface area contributed by atoms with Crippen molar-refractivity contribution >= 4 is 11.6 Å². The van der Waals surface area contributed by atoms with E-state index in [4.69, 9.17) is 25.8 Å². The van der Waals surface area contributed by atoms with E-state index in [-0.39, 0.29) is 6.10 Å². The second kappa shape index (κ2) is 5.41. The van der Waals surface area contributed by atoms with E-state index in [9.17, 15) is 0 Å². The van der Waals surface area contributed by atoms with Crippen molar-refractivity contribution in [1.29, 1.82) is 0 Å². The lowest BCUT2D eigenvalue weighted by Gasteiger charge is -2.26. The highest BCUT2D eigenvalue weighted by Gasteiger charge is 2.20. The Morgan fingerprint density at radius 3 is 2.58 bits per heavy atom. The summed E-state index contributed by atoms with van der Waals surface area (Å²) in [5.41, 5.74) is 0. The van der Waals surface area contributed by atoms with E-state index in [2.05, 4.69) is 0 Å². The molecule has 2 aromatic rings. The summed E-state index contributed by atoms with van der Waals surface area (Å²) in [5, 5.41) is 0.693. The third-order valence-corrected chi connectivity index (χ3v) is 3.07. The van der Waals surface area contributed by atoms with Gasteiger partial charge >= 0.3 is 0 Å². The van der Waals surface area contributed by atoms with E-state index in [0.717, 1.165) is 17.2 Å². The van der Waals surface area contributed by atoms with Crippen LogP contribution in [0.2, 0.25) is 5.02 Å². The van der Waals surface area contributed by atoms with Crippen molar-refractivity contribution in [2.24, 2.45) is 0 Å². The molecule has 0 saturated carbocycles. The van der Waals surface area contributed by atoms with Gasteiger partial charge in [0.25, 0.3) is 0 Å². The van der Waals surface area contributed by atoms with Crippen molar-refractivity contribution < 1.29 is 14.2 Å². The molecule has 3 nitrogen and oxygen atoms in total. The predicted octanol–water partition coefficient (Wildman–Crippen LogP) is 3.56. The molecule has 98 valence electrons. The van der Waals surface area contributed by atoms with Crippen LogP contribution in [0.4, 0.5) is 0 Å².